The molecule has 3 rings (SSSR count). The zero-order chi connectivity index (χ0) is 19.9. The van der Waals surface area contributed by atoms with Gasteiger partial charge < -0.3 is 30.5 Å². The van der Waals surface area contributed by atoms with Crippen LogP contribution in [0, 0.1) is 0 Å². The molecule has 1 aromatic rings. The highest BCUT2D eigenvalue weighted by Gasteiger charge is 2.42. The van der Waals surface area contributed by atoms with Gasteiger partial charge in [0.2, 0.25) is 5.91 Å². The number of phenols is 1. The van der Waals surface area contributed by atoms with Crippen LogP contribution in [0.2, 0.25) is 0 Å². The third-order valence-corrected chi connectivity index (χ3v) is 6.43. The summed E-state index contributed by atoms with van der Waals surface area (Å²) in [6, 6.07) is 5.38. The first-order chi connectivity index (χ1) is 13.6. The number of hydrogen-bond acceptors (Lipinski definition) is 6. The second-order valence-corrected chi connectivity index (χ2v) is 8.24. The molecule has 1 aromatic carbocycles. The van der Waals surface area contributed by atoms with E-state index in [1.807, 2.05) is 11.8 Å². The Hall–Kier alpha value is -2.13. The second-order valence-electron chi connectivity index (χ2n) is 6.97. The molecule has 3 amide bonds. The molecule has 2 aliphatic heterocycles. The predicted octanol–water partition coefficient (Wildman–Crippen LogP) is 1.37. The summed E-state index contributed by atoms with van der Waals surface area (Å²) in [5.74, 6) is 1.27. The third kappa shape index (κ3) is 5.45. The number of phenolic OH excluding ortho intramolecular Hbond substituents is 1. The van der Waals surface area contributed by atoms with Gasteiger partial charge in [0, 0.05) is 17.5 Å². The second kappa shape index (κ2) is 9.88. The first kappa shape index (κ1) is 20.6. The molecular formula is C19H27N3O5S. The smallest absolute Gasteiger partial charge is 0.315 e. The molecule has 0 saturated carbocycles. The highest BCUT2D eigenvalue weighted by molar-refractivity contribution is 8.00. The van der Waals surface area contributed by atoms with E-state index in [1.54, 1.807) is 12.1 Å². The molecule has 28 heavy (non-hydrogen) atoms. The van der Waals surface area contributed by atoms with Crippen LogP contribution in [0.4, 0.5) is 4.79 Å². The molecule has 0 spiro atoms. The molecule has 4 N–H and O–H groups in total. The first-order valence-corrected chi connectivity index (χ1v) is 10.5. The lowest BCUT2D eigenvalue weighted by molar-refractivity contribution is -0.126. The van der Waals surface area contributed by atoms with Crippen molar-refractivity contribution in [2.24, 2.45) is 0 Å². The number of benzene rings is 1. The van der Waals surface area contributed by atoms with Gasteiger partial charge >= 0.3 is 6.03 Å². The van der Waals surface area contributed by atoms with Crippen LogP contribution in [0.3, 0.4) is 0 Å². The fraction of sp³-hybridized carbons (Fsp3) is 0.579. The van der Waals surface area contributed by atoms with Crippen molar-refractivity contribution in [1.29, 1.82) is 0 Å². The maximum atomic E-state index is 11.9. The SMILES string of the molecule is COc1cc(COCC(=O)NCCCCC2SCC3NC(=O)NC32)ccc1O. The van der Waals surface area contributed by atoms with Crippen molar-refractivity contribution in [3.8, 4) is 11.5 Å². The van der Waals surface area contributed by atoms with Crippen LogP contribution in [0.25, 0.3) is 0 Å². The lowest BCUT2D eigenvalue weighted by Crippen LogP contribution is -2.36. The number of urea groups is 1. The first-order valence-electron chi connectivity index (χ1n) is 9.46. The molecule has 0 radical (unpaired) electrons. The molecule has 9 heteroatoms. The summed E-state index contributed by atoms with van der Waals surface area (Å²) in [5, 5.41) is 18.8. The molecule has 154 valence electrons. The minimum absolute atomic E-state index is 0.0108. The van der Waals surface area contributed by atoms with Crippen molar-refractivity contribution in [2.75, 3.05) is 26.0 Å². The number of fused-ring (bicyclic) bond motifs is 1. The van der Waals surface area contributed by atoms with E-state index in [-0.39, 0.29) is 43.0 Å². The van der Waals surface area contributed by atoms with Gasteiger partial charge in [-0.25, -0.2) is 4.79 Å². The van der Waals surface area contributed by atoms with Crippen molar-refractivity contribution >= 4 is 23.7 Å². The monoisotopic (exact) mass is 409 g/mol. The van der Waals surface area contributed by atoms with E-state index in [0.717, 1.165) is 30.6 Å². The molecule has 3 unspecified atom stereocenters. The average molecular weight is 410 g/mol. The number of carbonyl (C=O) groups excluding carboxylic acids is 2. The van der Waals surface area contributed by atoms with Gasteiger partial charge in [0.15, 0.2) is 11.5 Å². The number of amides is 3. The summed E-state index contributed by atoms with van der Waals surface area (Å²) in [5.41, 5.74) is 0.823. The van der Waals surface area contributed by atoms with E-state index >= 15 is 0 Å². The lowest BCUT2D eigenvalue weighted by atomic mass is 10.0. The third-order valence-electron chi connectivity index (χ3n) is 4.92. The highest BCUT2D eigenvalue weighted by Crippen LogP contribution is 2.33. The van der Waals surface area contributed by atoms with Crippen LogP contribution in [-0.4, -0.2) is 60.4 Å². The van der Waals surface area contributed by atoms with Crippen molar-refractivity contribution < 1.29 is 24.2 Å². The molecule has 2 aliphatic rings. The van der Waals surface area contributed by atoms with Crippen LogP contribution in [0.15, 0.2) is 18.2 Å². The maximum Gasteiger partial charge on any atom is 0.315 e. The van der Waals surface area contributed by atoms with Gasteiger partial charge in [-0.1, -0.05) is 12.5 Å². The molecule has 0 aliphatic carbocycles. The van der Waals surface area contributed by atoms with Crippen LogP contribution < -0.4 is 20.7 Å². The summed E-state index contributed by atoms with van der Waals surface area (Å²) in [4.78, 5) is 23.2. The van der Waals surface area contributed by atoms with Gasteiger partial charge in [-0.15, -0.1) is 0 Å². The molecule has 2 fully saturated rings. The number of methoxy groups -OCH3 is 1. The standard InChI is InChI=1S/C19H27N3O5S/c1-26-15-8-12(5-6-14(15)23)9-27-10-17(24)20-7-3-2-4-16-18-13(11-28-16)21-19(25)22-18/h5-6,8,13,16,18,23H,2-4,7,9-11H2,1H3,(H,20,24)(H2,21,22,25). The Labute approximate surface area is 168 Å². The van der Waals surface area contributed by atoms with Crippen molar-refractivity contribution in [1.82, 2.24) is 16.0 Å². The summed E-state index contributed by atoms with van der Waals surface area (Å²) in [7, 11) is 1.48. The van der Waals surface area contributed by atoms with Crippen LogP contribution in [-0.2, 0) is 16.1 Å². The van der Waals surface area contributed by atoms with E-state index in [0.29, 0.717) is 17.5 Å². The van der Waals surface area contributed by atoms with Crippen molar-refractivity contribution in [3.05, 3.63) is 23.8 Å². The fourth-order valence-corrected chi connectivity index (χ4v) is 5.01. The number of thioether (sulfide) groups is 1. The van der Waals surface area contributed by atoms with Crippen LogP contribution >= 0.6 is 11.8 Å². The Bertz CT molecular complexity index is 702. The largest absolute Gasteiger partial charge is 0.504 e. The average Bonchev–Trinajstić information content (AvgIpc) is 3.22. The molecule has 2 heterocycles. The number of nitrogens with one attached hydrogen (secondary N) is 3. The van der Waals surface area contributed by atoms with Gasteiger partial charge in [-0.3, -0.25) is 4.79 Å². The Kier molecular flexibility index (Phi) is 7.27. The summed E-state index contributed by atoms with van der Waals surface area (Å²) in [6.07, 6.45) is 2.94. The zero-order valence-corrected chi connectivity index (χ0v) is 16.7. The number of hydrogen-bond donors (Lipinski definition) is 4. The summed E-state index contributed by atoms with van der Waals surface area (Å²) in [6.45, 7) is 0.875. The minimum atomic E-state index is -0.145. The quantitative estimate of drug-likeness (QED) is 0.343. The van der Waals surface area contributed by atoms with Gasteiger partial charge in [0.1, 0.15) is 6.61 Å². The minimum Gasteiger partial charge on any atom is -0.504 e. The van der Waals surface area contributed by atoms with Crippen LogP contribution in [0.1, 0.15) is 24.8 Å². The van der Waals surface area contributed by atoms with E-state index in [1.165, 1.54) is 13.2 Å². The summed E-state index contributed by atoms with van der Waals surface area (Å²) >= 11 is 1.90. The normalized spacial score (nSPS) is 23.0. The van der Waals surface area contributed by atoms with Gasteiger partial charge in [-0.05, 0) is 30.5 Å². The van der Waals surface area contributed by atoms with Gasteiger partial charge in [0.05, 0.1) is 25.8 Å². The molecule has 2 saturated heterocycles. The number of carbonyl (C=O) groups is 2. The number of aromatic hydroxyl groups is 1. The van der Waals surface area contributed by atoms with Gasteiger partial charge in [0.25, 0.3) is 0 Å². The Morgan fingerprint density at radius 3 is 3.04 bits per heavy atom. The molecule has 3 atom stereocenters. The van der Waals surface area contributed by atoms with E-state index in [9.17, 15) is 14.7 Å². The molecule has 0 bridgehead atoms. The van der Waals surface area contributed by atoms with Gasteiger partial charge in [-0.2, -0.15) is 11.8 Å². The molecule has 0 aromatic heterocycles. The Morgan fingerprint density at radius 2 is 2.21 bits per heavy atom. The number of ether oxygens (including phenoxy) is 2. The number of rotatable bonds is 10. The lowest BCUT2D eigenvalue weighted by Gasteiger charge is -2.16. The number of unbranched alkanes of at least 4 members (excludes halogenated alkanes) is 1. The van der Waals surface area contributed by atoms with E-state index in [4.69, 9.17) is 9.47 Å². The van der Waals surface area contributed by atoms with E-state index < -0.39 is 0 Å². The predicted molar refractivity (Wildman–Crippen MR) is 107 cm³/mol. The summed E-state index contributed by atoms with van der Waals surface area (Å²) < 4.78 is 10.5. The van der Waals surface area contributed by atoms with Crippen molar-refractivity contribution in [2.45, 2.75) is 43.2 Å². The van der Waals surface area contributed by atoms with Crippen LogP contribution in [0.5, 0.6) is 11.5 Å². The molecular weight excluding hydrogens is 382 g/mol. The molecule has 8 nitrogen and oxygen atoms in total. The van der Waals surface area contributed by atoms with E-state index in [2.05, 4.69) is 16.0 Å². The zero-order valence-electron chi connectivity index (χ0n) is 15.9. The topological polar surface area (TPSA) is 109 Å². The Balaban J connectivity index is 1.25. The fourth-order valence-electron chi connectivity index (χ4n) is 3.47. The maximum absolute atomic E-state index is 11.9. The Morgan fingerprint density at radius 1 is 1.36 bits per heavy atom. The van der Waals surface area contributed by atoms with Crippen molar-refractivity contribution in [3.63, 3.8) is 0 Å². The highest BCUT2D eigenvalue weighted by atomic mass is 32.2.